The van der Waals surface area contributed by atoms with Gasteiger partial charge in [-0.3, -0.25) is 0 Å². The molecule has 5 nitrogen and oxygen atoms in total. The summed E-state index contributed by atoms with van der Waals surface area (Å²) in [4.78, 5) is 0. The van der Waals surface area contributed by atoms with E-state index >= 15 is 0 Å². The zero-order chi connectivity index (χ0) is 19.3. The molecule has 1 heterocycles. The van der Waals surface area contributed by atoms with E-state index in [1.807, 2.05) is 24.3 Å². The summed E-state index contributed by atoms with van der Waals surface area (Å²) in [6, 6.07) is 13.8. The van der Waals surface area contributed by atoms with Gasteiger partial charge in [0.15, 0.2) is 11.5 Å². The molecular formula is C20H24FNO4S. The number of rotatable bonds is 8. The summed E-state index contributed by atoms with van der Waals surface area (Å²) < 4.78 is 47.8. The summed E-state index contributed by atoms with van der Waals surface area (Å²) in [5.41, 5.74) is 0.972. The molecule has 1 aliphatic rings. The van der Waals surface area contributed by atoms with Crippen LogP contribution in [0.1, 0.15) is 12.0 Å². The topological polar surface area (TPSA) is 64.6 Å². The van der Waals surface area contributed by atoms with Gasteiger partial charge in [0.05, 0.1) is 11.8 Å². The third-order valence-corrected chi connectivity index (χ3v) is 5.48. The van der Waals surface area contributed by atoms with Gasteiger partial charge in [-0.15, -0.1) is 0 Å². The number of para-hydroxylation sites is 2. The van der Waals surface area contributed by atoms with Gasteiger partial charge >= 0.3 is 0 Å². The molecule has 0 spiro atoms. The second kappa shape index (κ2) is 8.71. The molecule has 0 radical (unpaired) electrons. The van der Waals surface area contributed by atoms with Crippen LogP contribution in [0.25, 0.3) is 0 Å². The third kappa shape index (κ3) is 5.94. The maximum atomic E-state index is 13.2. The zero-order valence-electron chi connectivity index (χ0n) is 15.2. The molecule has 0 saturated heterocycles. The van der Waals surface area contributed by atoms with Crippen molar-refractivity contribution in [3.63, 3.8) is 0 Å². The number of hydrogen-bond acceptors (Lipinski definition) is 5. The average molecular weight is 393 g/mol. The summed E-state index contributed by atoms with van der Waals surface area (Å²) in [5, 5.41) is 3.39. The monoisotopic (exact) mass is 393 g/mol. The predicted octanol–water partition coefficient (Wildman–Crippen LogP) is 2.60. The van der Waals surface area contributed by atoms with Crippen LogP contribution >= 0.6 is 0 Å². The maximum Gasteiger partial charge on any atom is 0.161 e. The van der Waals surface area contributed by atoms with Crippen molar-refractivity contribution in [3.8, 4) is 11.5 Å². The molecule has 2 aromatic carbocycles. The Bertz CT molecular complexity index is 855. The molecule has 27 heavy (non-hydrogen) atoms. The van der Waals surface area contributed by atoms with Gasteiger partial charge in [0.1, 0.15) is 28.4 Å². The minimum Gasteiger partial charge on any atom is -0.486 e. The maximum absolute atomic E-state index is 13.2. The van der Waals surface area contributed by atoms with E-state index in [1.54, 1.807) is 12.1 Å². The Morgan fingerprint density at radius 1 is 1.15 bits per heavy atom. The molecular weight excluding hydrogens is 369 g/mol. The van der Waals surface area contributed by atoms with Gasteiger partial charge in [-0.05, 0) is 49.2 Å². The van der Waals surface area contributed by atoms with E-state index < -0.39 is 9.84 Å². The molecule has 2 aromatic rings. The van der Waals surface area contributed by atoms with Crippen molar-refractivity contribution in [1.29, 1.82) is 0 Å². The van der Waals surface area contributed by atoms with Crippen LogP contribution < -0.4 is 14.8 Å². The van der Waals surface area contributed by atoms with Crippen molar-refractivity contribution in [2.24, 2.45) is 0 Å². The molecule has 0 aliphatic carbocycles. The lowest BCUT2D eigenvalue weighted by atomic mass is 10.0. The first-order chi connectivity index (χ1) is 12.9. The first-order valence-electron chi connectivity index (χ1n) is 8.95. The van der Waals surface area contributed by atoms with Gasteiger partial charge in [0.25, 0.3) is 0 Å². The smallest absolute Gasteiger partial charge is 0.161 e. The SMILES string of the molecule is CS(=O)(=O)CCCNC(Cc1ccc(F)cc1)C1COc2ccccc2O1. The van der Waals surface area contributed by atoms with Crippen molar-refractivity contribution in [2.45, 2.75) is 25.0 Å². The second-order valence-corrected chi connectivity index (χ2v) is 9.05. The molecule has 1 N–H and O–H groups in total. The van der Waals surface area contributed by atoms with E-state index in [2.05, 4.69) is 5.32 Å². The predicted molar refractivity (Wildman–Crippen MR) is 103 cm³/mol. The van der Waals surface area contributed by atoms with Crippen LogP contribution in [0.4, 0.5) is 4.39 Å². The summed E-state index contributed by atoms with van der Waals surface area (Å²) in [5.74, 6) is 1.26. The molecule has 2 unspecified atom stereocenters. The van der Waals surface area contributed by atoms with Crippen LogP contribution in [0.5, 0.6) is 11.5 Å². The van der Waals surface area contributed by atoms with Crippen molar-refractivity contribution in [1.82, 2.24) is 5.32 Å². The van der Waals surface area contributed by atoms with E-state index in [9.17, 15) is 12.8 Å². The number of sulfone groups is 1. The molecule has 0 aromatic heterocycles. The highest BCUT2D eigenvalue weighted by atomic mass is 32.2. The lowest BCUT2D eigenvalue weighted by Gasteiger charge is -2.33. The van der Waals surface area contributed by atoms with Crippen LogP contribution in [0.3, 0.4) is 0 Å². The quantitative estimate of drug-likeness (QED) is 0.699. The minimum absolute atomic E-state index is 0.0941. The first-order valence-corrected chi connectivity index (χ1v) is 11.0. The van der Waals surface area contributed by atoms with Crippen LogP contribution in [0, 0.1) is 5.82 Å². The van der Waals surface area contributed by atoms with Crippen LogP contribution in [-0.4, -0.2) is 45.7 Å². The van der Waals surface area contributed by atoms with Gasteiger partial charge in [0.2, 0.25) is 0 Å². The lowest BCUT2D eigenvalue weighted by molar-refractivity contribution is 0.0620. The van der Waals surface area contributed by atoms with E-state index in [0.29, 0.717) is 37.5 Å². The fourth-order valence-electron chi connectivity index (χ4n) is 3.07. The third-order valence-electron chi connectivity index (χ3n) is 4.45. The van der Waals surface area contributed by atoms with Crippen molar-refractivity contribution >= 4 is 9.84 Å². The Balaban J connectivity index is 1.68. The Kier molecular flexibility index (Phi) is 6.34. The summed E-state index contributed by atoms with van der Waals surface area (Å²) in [6.07, 6.45) is 2.14. The van der Waals surface area contributed by atoms with Gasteiger partial charge < -0.3 is 14.8 Å². The van der Waals surface area contributed by atoms with E-state index in [1.165, 1.54) is 18.4 Å². The number of ether oxygens (including phenoxy) is 2. The van der Waals surface area contributed by atoms with Gasteiger partial charge in [-0.1, -0.05) is 24.3 Å². The highest BCUT2D eigenvalue weighted by Gasteiger charge is 2.28. The van der Waals surface area contributed by atoms with Gasteiger partial charge in [-0.2, -0.15) is 0 Å². The fourth-order valence-corrected chi connectivity index (χ4v) is 3.73. The summed E-state index contributed by atoms with van der Waals surface area (Å²) >= 11 is 0. The minimum atomic E-state index is -2.99. The molecule has 0 amide bonds. The number of hydrogen-bond donors (Lipinski definition) is 1. The molecule has 7 heteroatoms. The number of nitrogens with one attached hydrogen (secondary N) is 1. The number of benzene rings is 2. The Labute approximate surface area is 159 Å². The molecule has 1 aliphatic heterocycles. The van der Waals surface area contributed by atoms with Gasteiger partial charge in [-0.25, -0.2) is 12.8 Å². The molecule has 0 saturated carbocycles. The Morgan fingerprint density at radius 2 is 1.85 bits per heavy atom. The Morgan fingerprint density at radius 3 is 2.56 bits per heavy atom. The molecule has 3 rings (SSSR count). The van der Waals surface area contributed by atoms with Crippen molar-refractivity contribution < 1.29 is 22.3 Å². The summed E-state index contributed by atoms with van der Waals surface area (Å²) in [6.45, 7) is 0.933. The second-order valence-electron chi connectivity index (χ2n) is 6.79. The number of fused-ring (bicyclic) bond motifs is 1. The fraction of sp³-hybridized carbons (Fsp3) is 0.400. The van der Waals surface area contributed by atoms with E-state index in [-0.39, 0.29) is 23.7 Å². The Hall–Kier alpha value is -2.12. The molecule has 146 valence electrons. The molecule has 0 bridgehead atoms. The first kappa shape index (κ1) is 19.6. The highest BCUT2D eigenvalue weighted by molar-refractivity contribution is 7.90. The molecule has 2 atom stereocenters. The van der Waals surface area contributed by atoms with Crippen molar-refractivity contribution in [2.75, 3.05) is 25.2 Å². The largest absolute Gasteiger partial charge is 0.486 e. The lowest BCUT2D eigenvalue weighted by Crippen LogP contribution is -2.49. The summed E-state index contributed by atoms with van der Waals surface area (Å²) in [7, 11) is -2.99. The van der Waals surface area contributed by atoms with Gasteiger partial charge in [0, 0.05) is 6.26 Å². The average Bonchev–Trinajstić information content (AvgIpc) is 2.64. The van der Waals surface area contributed by atoms with Crippen LogP contribution in [0.15, 0.2) is 48.5 Å². The zero-order valence-corrected chi connectivity index (χ0v) is 16.0. The normalized spacial score (nSPS) is 17.5. The highest BCUT2D eigenvalue weighted by Crippen LogP contribution is 2.32. The standard InChI is InChI=1S/C20H24FNO4S/c1-27(23,24)12-4-11-22-17(13-15-7-9-16(21)10-8-15)20-14-25-18-5-2-3-6-19(18)26-20/h2-3,5-10,17,20,22H,4,11-14H2,1H3. The number of halogens is 1. The van der Waals surface area contributed by atoms with Crippen LogP contribution in [0.2, 0.25) is 0 Å². The van der Waals surface area contributed by atoms with Crippen molar-refractivity contribution in [3.05, 3.63) is 59.9 Å². The van der Waals surface area contributed by atoms with Crippen LogP contribution in [-0.2, 0) is 16.3 Å². The van der Waals surface area contributed by atoms with E-state index in [4.69, 9.17) is 9.47 Å². The van der Waals surface area contributed by atoms with E-state index in [0.717, 1.165) is 5.56 Å². The molecule has 0 fully saturated rings.